The number of aliphatic hydroxyl groups is 1. The number of nitrogens with one attached hydrogen (secondary N) is 1. The maximum Gasteiger partial charge on any atom is 0.331 e. The number of aliphatic hydroxyl groups excluding tert-OH is 1. The Labute approximate surface area is 153 Å². The molecule has 3 N–H and O–H groups in total. The van der Waals surface area contributed by atoms with E-state index in [-0.39, 0.29) is 42.9 Å². The lowest BCUT2D eigenvalue weighted by atomic mass is 9.79. The topological polar surface area (TPSA) is 145 Å². The molecule has 1 amide bonds. The van der Waals surface area contributed by atoms with Crippen molar-refractivity contribution in [3.05, 3.63) is 22.1 Å². The summed E-state index contributed by atoms with van der Waals surface area (Å²) < 4.78 is 6.06. The van der Waals surface area contributed by atoms with Gasteiger partial charge in [-0.3, -0.25) is 4.79 Å². The van der Waals surface area contributed by atoms with E-state index in [2.05, 4.69) is 15.3 Å². The fourth-order valence-corrected chi connectivity index (χ4v) is 3.25. The van der Waals surface area contributed by atoms with Crippen LogP contribution in [0.3, 0.4) is 0 Å². The Balaban J connectivity index is 3.11. The van der Waals surface area contributed by atoms with Crippen LogP contribution in [0.2, 0.25) is 0 Å². The second-order valence-electron chi connectivity index (χ2n) is 6.53. The molecule has 9 nitrogen and oxygen atoms in total. The molecule has 0 fully saturated rings. The standard InChI is InChI=1S/C17H28N4O5/c1-4-14(5-2)26-15-8-12(17(24)25)6-11(16(15)20-10(3)22)7-13(23)9-19-21-18/h8,11,13-16,23H,4-7,9H2,1-3H3,(H,20,22)(H,24,25)/t11-,13?,15-,16-/m1/s1. The molecule has 1 unspecified atom stereocenters. The largest absolute Gasteiger partial charge is 0.478 e. The van der Waals surface area contributed by atoms with E-state index in [0.717, 1.165) is 12.8 Å². The van der Waals surface area contributed by atoms with Crippen molar-refractivity contribution in [1.82, 2.24) is 5.32 Å². The molecule has 0 aromatic carbocycles. The molecular weight excluding hydrogens is 340 g/mol. The van der Waals surface area contributed by atoms with Crippen molar-refractivity contribution < 1.29 is 24.5 Å². The van der Waals surface area contributed by atoms with Gasteiger partial charge in [-0.25, -0.2) is 4.79 Å². The van der Waals surface area contributed by atoms with Gasteiger partial charge in [-0.2, -0.15) is 0 Å². The van der Waals surface area contributed by atoms with Crippen LogP contribution in [0.5, 0.6) is 0 Å². The van der Waals surface area contributed by atoms with Gasteiger partial charge in [0.2, 0.25) is 5.91 Å². The Kier molecular flexibility index (Phi) is 9.12. The van der Waals surface area contributed by atoms with Crippen molar-refractivity contribution in [3.63, 3.8) is 0 Å². The van der Waals surface area contributed by atoms with E-state index >= 15 is 0 Å². The molecule has 9 heteroatoms. The maximum absolute atomic E-state index is 11.7. The van der Waals surface area contributed by atoms with Crippen LogP contribution in [0.25, 0.3) is 10.4 Å². The monoisotopic (exact) mass is 368 g/mol. The number of carbonyl (C=O) groups excluding carboxylic acids is 1. The lowest BCUT2D eigenvalue weighted by Crippen LogP contribution is -2.52. The quantitative estimate of drug-likeness (QED) is 0.307. The molecule has 0 radical (unpaired) electrons. The number of azide groups is 1. The summed E-state index contributed by atoms with van der Waals surface area (Å²) >= 11 is 0. The Morgan fingerprint density at radius 3 is 2.62 bits per heavy atom. The first-order valence-electron chi connectivity index (χ1n) is 8.87. The van der Waals surface area contributed by atoms with Crippen molar-refractivity contribution in [3.8, 4) is 0 Å². The third kappa shape index (κ3) is 6.67. The van der Waals surface area contributed by atoms with Crippen LogP contribution < -0.4 is 5.32 Å². The molecule has 26 heavy (non-hydrogen) atoms. The van der Waals surface area contributed by atoms with Crippen LogP contribution in [-0.4, -0.2) is 53.0 Å². The molecule has 146 valence electrons. The molecule has 0 aliphatic heterocycles. The molecule has 1 rings (SSSR count). The van der Waals surface area contributed by atoms with Crippen LogP contribution in [0, 0.1) is 5.92 Å². The number of nitrogens with zero attached hydrogens (tertiary/aromatic N) is 3. The molecule has 0 saturated heterocycles. The second-order valence-corrected chi connectivity index (χ2v) is 6.53. The fourth-order valence-electron chi connectivity index (χ4n) is 3.25. The highest BCUT2D eigenvalue weighted by Gasteiger charge is 2.38. The Hall–Kier alpha value is -2.09. The van der Waals surface area contributed by atoms with Gasteiger partial charge < -0.3 is 20.3 Å². The zero-order valence-electron chi connectivity index (χ0n) is 15.5. The minimum Gasteiger partial charge on any atom is -0.478 e. The molecule has 1 aliphatic rings. The first-order valence-corrected chi connectivity index (χ1v) is 8.87. The summed E-state index contributed by atoms with van der Waals surface area (Å²) in [4.78, 5) is 25.8. The van der Waals surface area contributed by atoms with E-state index in [1.54, 1.807) is 6.08 Å². The van der Waals surface area contributed by atoms with Gasteiger partial charge in [-0.05, 0) is 43.2 Å². The third-order valence-corrected chi connectivity index (χ3v) is 4.54. The highest BCUT2D eigenvalue weighted by molar-refractivity contribution is 5.87. The van der Waals surface area contributed by atoms with E-state index in [1.807, 2.05) is 13.8 Å². The van der Waals surface area contributed by atoms with Crippen molar-refractivity contribution in [2.45, 2.75) is 70.8 Å². The molecule has 0 bridgehead atoms. The minimum absolute atomic E-state index is 0.0607. The number of aliphatic carboxylic acids is 1. The summed E-state index contributed by atoms with van der Waals surface area (Å²) in [5, 5.41) is 25.7. The first kappa shape index (κ1) is 22.0. The van der Waals surface area contributed by atoms with Gasteiger partial charge in [-0.1, -0.05) is 19.0 Å². The first-order chi connectivity index (χ1) is 12.3. The minimum atomic E-state index is -1.04. The molecule has 1 aliphatic carbocycles. The maximum atomic E-state index is 11.7. The van der Waals surface area contributed by atoms with Gasteiger partial charge in [0.25, 0.3) is 0 Å². The van der Waals surface area contributed by atoms with Crippen LogP contribution in [-0.2, 0) is 14.3 Å². The molecular formula is C17H28N4O5. The summed E-state index contributed by atoms with van der Waals surface area (Å²) in [6.45, 7) is 5.24. The Morgan fingerprint density at radius 2 is 2.12 bits per heavy atom. The van der Waals surface area contributed by atoms with Crippen molar-refractivity contribution in [1.29, 1.82) is 0 Å². The lowest BCUT2D eigenvalue weighted by molar-refractivity contribution is -0.133. The smallest absolute Gasteiger partial charge is 0.331 e. The average molecular weight is 368 g/mol. The van der Waals surface area contributed by atoms with E-state index in [9.17, 15) is 19.8 Å². The number of rotatable bonds is 10. The molecule has 0 spiro atoms. The van der Waals surface area contributed by atoms with E-state index in [0.29, 0.717) is 0 Å². The van der Waals surface area contributed by atoms with Crippen LogP contribution in [0.4, 0.5) is 0 Å². The normalized spacial score (nSPS) is 23.7. The summed E-state index contributed by atoms with van der Waals surface area (Å²) in [7, 11) is 0. The molecule has 0 aromatic heterocycles. The number of hydrogen-bond donors (Lipinski definition) is 3. The fraction of sp³-hybridized carbons (Fsp3) is 0.765. The Morgan fingerprint density at radius 1 is 1.46 bits per heavy atom. The van der Waals surface area contributed by atoms with Gasteiger partial charge in [0.1, 0.15) is 0 Å². The zero-order valence-corrected chi connectivity index (χ0v) is 15.5. The average Bonchev–Trinajstić information content (AvgIpc) is 2.59. The van der Waals surface area contributed by atoms with Crippen molar-refractivity contribution >= 4 is 11.9 Å². The number of carboxylic acids is 1. The highest BCUT2D eigenvalue weighted by atomic mass is 16.5. The van der Waals surface area contributed by atoms with Crippen molar-refractivity contribution in [2.75, 3.05) is 6.54 Å². The third-order valence-electron chi connectivity index (χ3n) is 4.54. The van der Waals surface area contributed by atoms with Crippen LogP contribution >= 0.6 is 0 Å². The molecule has 0 heterocycles. The van der Waals surface area contributed by atoms with Gasteiger partial charge in [-0.15, -0.1) is 0 Å². The number of ether oxygens (including phenoxy) is 1. The molecule has 4 atom stereocenters. The van der Waals surface area contributed by atoms with Crippen LogP contribution in [0.15, 0.2) is 16.8 Å². The van der Waals surface area contributed by atoms with E-state index < -0.39 is 24.2 Å². The molecule has 0 aromatic rings. The summed E-state index contributed by atoms with van der Waals surface area (Å²) in [6.07, 6.45) is 1.88. The number of carbonyl (C=O) groups is 2. The number of carboxylic acid groups (broad SMARTS) is 1. The van der Waals surface area contributed by atoms with Gasteiger partial charge >= 0.3 is 5.97 Å². The van der Waals surface area contributed by atoms with Crippen molar-refractivity contribution in [2.24, 2.45) is 11.0 Å². The zero-order chi connectivity index (χ0) is 19.7. The van der Waals surface area contributed by atoms with Gasteiger partial charge in [0.05, 0.1) is 30.9 Å². The SMILES string of the molecule is CCC(CC)O[C@@H]1C=C(C(=O)O)C[C@H](CC(O)CN=[N+]=[N-])[C@H]1NC(C)=O. The predicted octanol–water partition coefficient (Wildman–Crippen LogP) is 2.16. The summed E-state index contributed by atoms with van der Waals surface area (Å²) in [6, 6.07) is -0.461. The molecule has 0 saturated carbocycles. The van der Waals surface area contributed by atoms with E-state index in [1.165, 1.54) is 6.92 Å². The number of hydrogen-bond acceptors (Lipinski definition) is 5. The summed E-state index contributed by atoms with van der Waals surface area (Å²) in [5.74, 6) is -1.65. The Bertz CT molecular complexity index is 570. The van der Waals surface area contributed by atoms with Gasteiger partial charge in [0, 0.05) is 17.4 Å². The lowest BCUT2D eigenvalue weighted by Gasteiger charge is -2.38. The van der Waals surface area contributed by atoms with Gasteiger partial charge in [0.15, 0.2) is 0 Å². The predicted molar refractivity (Wildman–Crippen MR) is 95.3 cm³/mol. The van der Waals surface area contributed by atoms with E-state index in [4.69, 9.17) is 10.3 Å². The highest BCUT2D eigenvalue weighted by Crippen LogP contribution is 2.31. The number of amides is 1. The van der Waals surface area contributed by atoms with Crippen LogP contribution in [0.1, 0.15) is 46.5 Å². The second kappa shape index (κ2) is 10.8. The summed E-state index contributed by atoms with van der Waals surface area (Å²) in [5.41, 5.74) is 8.58.